The Bertz CT molecular complexity index is 1200. The van der Waals surface area contributed by atoms with Crippen LogP contribution >= 0.6 is 0 Å². The monoisotopic (exact) mass is 576 g/mol. The summed E-state index contributed by atoms with van der Waals surface area (Å²) in [6, 6.07) is 11.5. The predicted octanol–water partition coefficient (Wildman–Crippen LogP) is 3.85. The summed E-state index contributed by atoms with van der Waals surface area (Å²) in [5.74, 6) is -3.26. The number of piperidine rings is 1. The zero-order chi connectivity index (χ0) is 29.9. The van der Waals surface area contributed by atoms with E-state index in [1.54, 1.807) is 12.3 Å². The van der Waals surface area contributed by atoms with Crippen LogP contribution in [0.25, 0.3) is 5.57 Å². The van der Waals surface area contributed by atoms with Gasteiger partial charge in [-0.25, -0.2) is 19.6 Å². The van der Waals surface area contributed by atoms with Gasteiger partial charge in [-0.2, -0.15) is 31.6 Å². The Hall–Kier alpha value is -4.59. The Morgan fingerprint density at radius 1 is 1.05 bits per heavy atom. The molecule has 0 atom stereocenters. The third-order valence-electron chi connectivity index (χ3n) is 5.09. The number of carboxylic acids is 2. The van der Waals surface area contributed by atoms with Crippen LogP contribution < -0.4 is 20.7 Å². The van der Waals surface area contributed by atoms with E-state index >= 15 is 0 Å². The molecule has 2 aromatic rings. The van der Waals surface area contributed by atoms with Crippen LogP contribution in [-0.4, -0.2) is 64.1 Å². The fraction of sp³-hybridized carbons (Fsp3) is 0.348. The number of carboxylic acid groups (broad SMARTS) is 2. The number of alkyl halides is 6. The number of rotatable bonds is 4. The highest BCUT2D eigenvalue weighted by molar-refractivity contribution is 5.81. The number of ether oxygens (including phenoxy) is 1. The summed E-state index contributed by atoms with van der Waals surface area (Å²) < 4.78 is 69.2. The Balaban J connectivity index is 0.000000333. The van der Waals surface area contributed by atoms with E-state index in [9.17, 15) is 31.6 Å². The third kappa shape index (κ3) is 9.94. The molecule has 0 spiro atoms. The molecule has 216 valence electrons. The Morgan fingerprint density at radius 3 is 2.15 bits per heavy atom. The maximum absolute atomic E-state index is 10.6. The second-order valence-corrected chi connectivity index (χ2v) is 7.98. The van der Waals surface area contributed by atoms with Crippen molar-refractivity contribution < 1.29 is 50.9 Å². The fourth-order valence-electron chi connectivity index (χ4n) is 3.16. The van der Waals surface area contributed by atoms with Gasteiger partial charge in [0, 0.05) is 12.7 Å². The number of hydrogen-bond donors (Lipinski definition) is 5. The van der Waals surface area contributed by atoms with Crippen molar-refractivity contribution in [3.05, 3.63) is 48.1 Å². The lowest BCUT2D eigenvalue weighted by atomic mass is 9.98. The fourth-order valence-corrected chi connectivity index (χ4v) is 3.16. The molecular formula is C23H22F6N6O5. The maximum atomic E-state index is 10.6. The lowest BCUT2D eigenvalue weighted by Gasteiger charge is -2.22. The molecule has 2 aliphatic heterocycles. The predicted molar refractivity (Wildman–Crippen MR) is 127 cm³/mol. The van der Waals surface area contributed by atoms with Gasteiger partial charge in [0.25, 0.3) is 0 Å². The lowest BCUT2D eigenvalue weighted by Crippen LogP contribution is -2.31. The first-order valence-electron chi connectivity index (χ1n) is 11.3. The largest absolute Gasteiger partial charge is 0.490 e. The molecule has 5 N–H and O–H groups in total. The Morgan fingerprint density at radius 2 is 1.62 bits per heavy atom. The van der Waals surface area contributed by atoms with Gasteiger partial charge in [-0.15, -0.1) is 0 Å². The topological polar surface area (TPSA) is 169 Å². The summed E-state index contributed by atoms with van der Waals surface area (Å²) in [6.07, 6.45) is -6.21. The van der Waals surface area contributed by atoms with E-state index in [-0.39, 0.29) is 0 Å². The first-order valence-corrected chi connectivity index (χ1v) is 11.3. The average molecular weight is 576 g/mol. The van der Waals surface area contributed by atoms with E-state index in [1.165, 1.54) is 0 Å². The van der Waals surface area contributed by atoms with Crippen molar-refractivity contribution in [2.24, 2.45) is 5.92 Å². The molecule has 0 aliphatic carbocycles. The molecule has 3 heterocycles. The smallest absolute Gasteiger partial charge is 0.475 e. The van der Waals surface area contributed by atoms with Crippen molar-refractivity contribution >= 4 is 29.1 Å². The molecule has 0 amide bonds. The average Bonchev–Trinajstić information content (AvgIpc) is 3.32. The molecule has 0 radical (unpaired) electrons. The number of carbonyl (C=O) groups is 2. The van der Waals surface area contributed by atoms with Crippen LogP contribution in [0, 0.1) is 17.2 Å². The summed E-state index contributed by atoms with van der Waals surface area (Å²) in [4.78, 5) is 26.6. The minimum atomic E-state index is -5.08. The van der Waals surface area contributed by atoms with Crippen molar-refractivity contribution in [2.45, 2.75) is 25.2 Å². The van der Waals surface area contributed by atoms with E-state index in [1.807, 2.05) is 24.3 Å². The molecule has 0 saturated carbocycles. The van der Waals surface area contributed by atoms with Crippen LogP contribution in [0.3, 0.4) is 0 Å². The van der Waals surface area contributed by atoms with Gasteiger partial charge in [-0.1, -0.05) is 12.1 Å². The van der Waals surface area contributed by atoms with Gasteiger partial charge in [-0.05, 0) is 50.0 Å². The summed E-state index contributed by atoms with van der Waals surface area (Å²) in [6.45, 7) is 2.95. The quantitative estimate of drug-likeness (QED) is 0.265. The molecule has 11 nitrogen and oxygen atoms in total. The van der Waals surface area contributed by atoms with E-state index < -0.39 is 24.3 Å². The SMILES string of the molecule is N#C/C(=C1\Nc2ccccc2O1)c1ccnc(NCC2CCNCC2)n1.O=C(O)C(F)(F)F.O=C(O)C(F)(F)F. The van der Waals surface area contributed by atoms with E-state index in [4.69, 9.17) is 24.5 Å². The van der Waals surface area contributed by atoms with Gasteiger partial charge in [0.1, 0.15) is 11.6 Å². The van der Waals surface area contributed by atoms with Gasteiger partial charge >= 0.3 is 24.3 Å². The van der Waals surface area contributed by atoms with Crippen LogP contribution in [0.15, 0.2) is 42.4 Å². The normalized spacial score (nSPS) is 15.8. The Kier molecular flexibility index (Phi) is 11.1. The summed E-state index contributed by atoms with van der Waals surface area (Å²) in [5.41, 5.74) is 1.73. The molecule has 40 heavy (non-hydrogen) atoms. The van der Waals surface area contributed by atoms with Crippen LogP contribution in [0.1, 0.15) is 18.5 Å². The summed E-state index contributed by atoms with van der Waals surface area (Å²) >= 11 is 0. The number of aliphatic carboxylic acids is 2. The molecule has 4 rings (SSSR count). The van der Waals surface area contributed by atoms with Crippen LogP contribution in [0.5, 0.6) is 5.75 Å². The molecule has 1 aromatic carbocycles. The highest BCUT2D eigenvalue weighted by Gasteiger charge is 2.38. The zero-order valence-corrected chi connectivity index (χ0v) is 20.3. The Labute approximate surface area is 222 Å². The number of allylic oxidation sites excluding steroid dienone is 1. The first-order chi connectivity index (χ1) is 18.7. The molecule has 1 fully saturated rings. The minimum Gasteiger partial charge on any atom is -0.475 e. The first kappa shape index (κ1) is 31.6. The number of anilines is 2. The van der Waals surface area contributed by atoms with Gasteiger partial charge < -0.3 is 30.9 Å². The molecule has 1 aromatic heterocycles. The zero-order valence-electron chi connectivity index (χ0n) is 20.3. The van der Waals surface area contributed by atoms with Crippen molar-refractivity contribution in [2.75, 3.05) is 30.3 Å². The van der Waals surface area contributed by atoms with Gasteiger partial charge in [-0.3, -0.25) is 0 Å². The number of nitrogens with zero attached hydrogens (tertiary/aromatic N) is 3. The van der Waals surface area contributed by atoms with Gasteiger partial charge in [0.05, 0.1) is 11.4 Å². The number of fused-ring (bicyclic) bond motifs is 1. The van der Waals surface area contributed by atoms with Crippen LogP contribution in [0.4, 0.5) is 38.0 Å². The number of hydrogen-bond acceptors (Lipinski definition) is 9. The molecule has 1 saturated heterocycles. The molecule has 0 bridgehead atoms. The number of benzene rings is 1. The van der Waals surface area contributed by atoms with Crippen LogP contribution in [-0.2, 0) is 9.59 Å². The van der Waals surface area contributed by atoms with Crippen molar-refractivity contribution in [3.8, 4) is 11.8 Å². The lowest BCUT2D eigenvalue weighted by molar-refractivity contribution is -0.193. The van der Waals surface area contributed by atoms with Crippen molar-refractivity contribution in [1.29, 1.82) is 5.26 Å². The highest BCUT2D eigenvalue weighted by Crippen LogP contribution is 2.35. The van der Waals surface area contributed by atoms with Crippen molar-refractivity contribution in [1.82, 2.24) is 15.3 Å². The molecule has 2 aliphatic rings. The summed E-state index contributed by atoms with van der Waals surface area (Å²) in [7, 11) is 0. The van der Waals surface area contributed by atoms with Gasteiger partial charge in [0.2, 0.25) is 11.8 Å². The number of halogens is 6. The van der Waals surface area contributed by atoms with Crippen molar-refractivity contribution in [3.63, 3.8) is 0 Å². The maximum Gasteiger partial charge on any atom is 0.490 e. The molecule has 0 unspecified atom stereocenters. The number of nitrogens with one attached hydrogen (secondary N) is 3. The van der Waals surface area contributed by atoms with E-state index in [2.05, 4.69) is 32.0 Å². The second kappa shape index (κ2) is 14.0. The molecular weight excluding hydrogens is 554 g/mol. The highest BCUT2D eigenvalue weighted by atomic mass is 19.4. The van der Waals surface area contributed by atoms with Gasteiger partial charge in [0.15, 0.2) is 5.75 Å². The van der Waals surface area contributed by atoms with E-state index in [0.29, 0.717) is 34.8 Å². The number of nitriles is 1. The van der Waals surface area contributed by atoms with E-state index in [0.717, 1.165) is 38.2 Å². The summed E-state index contributed by atoms with van der Waals surface area (Å²) in [5, 5.41) is 33.7. The standard InChI is InChI=1S/C19H20N6O.2C2HF3O2/c20-11-14(18-24-16-3-1-2-4-17(16)26-18)15-7-10-22-19(25-15)23-12-13-5-8-21-9-6-13;2*3-2(4,5)1(6)7/h1-4,7,10,13,21,24H,5-6,8-9,12H2,(H,22,23,25);2*(H,6,7)/b18-14-;;. The minimum absolute atomic E-state index is 0.355. The van der Waals surface area contributed by atoms with Crippen LogP contribution in [0.2, 0.25) is 0 Å². The third-order valence-corrected chi connectivity index (χ3v) is 5.09. The second-order valence-electron chi connectivity index (χ2n) is 7.98. The number of para-hydroxylation sites is 2. The number of aromatic nitrogens is 2. The molecule has 17 heteroatoms.